The maximum Gasteiger partial charge on any atom is -0.0149 e. The molecule has 3 nitrogen and oxygen atoms in total. The van der Waals surface area contributed by atoms with Crippen molar-refractivity contribution in [2.75, 3.05) is 28.2 Å². The van der Waals surface area contributed by atoms with Gasteiger partial charge in [0.15, 0.2) is 0 Å². The van der Waals surface area contributed by atoms with Gasteiger partial charge in [-0.1, -0.05) is 0 Å². The summed E-state index contributed by atoms with van der Waals surface area (Å²) in [5, 5.41) is 4.97. The van der Waals surface area contributed by atoms with Crippen molar-refractivity contribution >= 4 is 11.0 Å². The third-order valence-electron chi connectivity index (χ3n) is 4.27. The second kappa shape index (κ2) is 9.42. The Morgan fingerprint density at radius 2 is 1.48 bits per heavy atom. The van der Waals surface area contributed by atoms with E-state index in [1.54, 1.807) is 0 Å². The third kappa shape index (κ3) is 5.60. The van der Waals surface area contributed by atoms with Crippen LogP contribution in [0.3, 0.4) is 0 Å². The molecule has 0 aromatic carbocycles. The van der Waals surface area contributed by atoms with E-state index in [9.17, 15) is 0 Å². The number of nitrogens with one attached hydrogen (secondary N) is 1. The molecule has 0 spiro atoms. The fourth-order valence-corrected chi connectivity index (χ4v) is 11.3. The Bertz CT molecular complexity index is 443. The number of likely N-dealkylation sites (N-methyl/N-ethyl adjacent to an activating group) is 2. The van der Waals surface area contributed by atoms with Crippen LogP contribution in [-0.4, -0.2) is 58.3 Å². The quantitative estimate of drug-likeness (QED) is 0.467. The number of allylic oxidation sites excluding steroid dienone is 1. The van der Waals surface area contributed by atoms with Crippen molar-refractivity contribution in [1.82, 2.24) is 13.6 Å². The molecule has 0 bridgehead atoms. The van der Waals surface area contributed by atoms with Crippen LogP contribution in [0.4, 0.5) is 0 Å². The molecule has 0 amide bonds. The molecule has 1 unspecified atom stereocenters. The van der Waals surface area contributed by atoms with E-state index in [4.69, 9.17) is 0 Å². The summed E-state index contributed by atoms with van der Waals surface area (Å²) in [7, 11) is 8.69. The fourth-order valence-electron chi connectivity index (χ4n) is 3.88. The van der Waals surface area contributed by atoms with Crippen LogP contribution in [0.5, 0.6) is 0 Å². The summed E-state index contributed by atoms with van der Waals surface area (Å²) < 4.78 is 4.07. The average molecular weight is 418 g/mol. The SMILES string of the molecule is CC1=C(N(C)C)C=C[C]1(N(C)C)[Ti+2]([CH3])([CH3])[NH]C(C)(C)C.[Cl-].[Cl-].[SiH4]. The van der Waals surface area contributed by atoms with E-state index in [1.165, 1.54) is 11.3 Å². The Balaban J connectivity index is -0.00000133. The molecule has 1 rings (SSSR count). The molecular weight excluding hydrogens is 381 g/mol. The van der Waals surface area contributed by atoms with E-state index >= 15 is 0 Å². The molecule has 0 radical (unpaired) electrons. The van der Waals surface area contributed by atoms with E-state index in [1.807, 2.05) is 0 Å². The summed E-state index contributed by atoms with van der Waals surface area (Å²) >= 11 is -2.36. The minimum atomic E-state index is -2.36. The van der Waals surface area contributed by atoms with E-state index in [2.05, 4.69) is 92.1 Å². The van der Waals surface area contributed by atoms with Crippen molar-refractivity contribution < 1.29 is 41.7 Å². The summed E-state index contributed by atoms with van der Waals surface area (Å²) in [6.45, 7) is 9.11. The van der Waals surface area contributed by atoms with Crippen molar-refractivity contribution in [3.63, 3.8) is 0 Å². The summed E-state index contributed by atoms with van der Waals surface area (Å²) in [6, 6.07) is 0. The molecule has 138 valence electrons. The maximum atomic E-state index is 3.99. The van der Waals surface area contributed by atoms with Gasteiger partial charge < -0.3 is 24.8 Å². The van der Waals surface area contributed by atoms with Gasteiger partial charge in [0.05, 0.1) is 0 Å². The summed E-state index contributed by atoms with van der Waals surface area (Å²) in [5.41, 5.74) is 2.99. The van der Waals surface area contributed by atoms with Crippen LogP contribution < -0.4 is 28.6 Å². The Morgan fingerprint density at radius 1 is 1.04 bits per heavy atom. The van der Waals surface area contributed by atoms with Gasteiger partial charge in [0.25, 0.3) is 0 Å². The van der Waals surface area contributed by atoms with Crippen molar-refractivity contribution in [3.05, 3.63) is 23.4 Å². The topological polar surface area (TPSA) is 18.5 Å². The van der Waals surface area contributed by atoms with Crippen LogP contribution in [0.2, 0.25) is 10.5 Å². The van der Waals surface area contributed by atoms with Crippen LogP contribution >= 0.6 is 0 Å². The van der Waals surface area contributed by atoms with Crippen molar-refractivity contribution in [1.29, 1.82) is 0 Å². The monoisotopic (exact) mass is 417 g/mol. The number of rotatable bonds is 4. The van der Waals surface area contributed by atoms with Gasteiger partial charge in [-0.05, 0) is 11.0 Å². The molecule has 1 aliphatic rings. The first kappa shape index (κ1) is 28.5. The fraction of sp³-hybridized carbons (Fsp3) is 0.750. The Morgan fingerprint density at radius 3 is 1.74 bits per heavy atom. The predicted molar refractivity (Wildman–Crippen MR) is 97.9 cm³/mol. The molecule has 1 aliphatic carbocycles. The van der Waals surface area contributed by atoms with Crippen molar-refractivity contribution in [2.24, 2.45) is 0 Å². The van der Waals surface area contributed by atoms with Crippen molar-refractivity contribution in [3.8, 4) is 0 Å². The summed E-state index contributed by atoms with van der Waals surface area (Å²) in [5.74, 6) is 0. The second-order valence-electron chi connectivity index (χ2n) is 7.90. The molecule has 23 heavy (non-hydrogen) atoms. The van der Waals surface area contributed by atoms with Gasteiger partial charge in [-0.25, -0.2) is 0 Å². The Kier molecular flexibility index (Phi) is 11.7. The number of nitrogens with zero attached hydrogens (tertiary/aromatic N) is 2. The first-order valence-electron chi connectivity index (χ1n) is 7.40. The first-order valence-corrected chi connectivity index (χ1v) is 12.1. The molecule has 0 fully saturated rings. The third-order valence-corrected chi connectivity index (χ3v) is 10.9. The van der Waals surface area contributed by atoms with Gasteiger partial charge in [0, 0.05) is 0 Å². The standard InChI is InChI=1S/C10H17N2.C4H10N.2CH3.2ClH.H4Si.Ti/c1-8-9(11(2)3)6-7-10(8)12(4)5;1-4(2,3)5;;;;;;/h6-7H,1-5H3;5H,1-3H3;2*1H3;2*1H;1H4;/q;-1;;;;;;+3/p-2. The van der Waals surface area contributed by atoms with E-state index in [0.717, 1.165) is 0 Å². The molecular formula is C16H37Cl2N3SiTi. The van der Waals surface area contributed by atoms with Crippen LogP contribution in [-0.2, 0) is 16.8 Å². The second-order valence-corrected chi connectivity index (χ2v) is 14.6. The first-order chi connectivity index (χ1) is 8.85. The van der Waals surface area contributed by atoms with Gasteiger partial charge in [-0.2, -0.15) is 0 Å². The predicted octanol–water partition coefficient (Wildman–Crippen LogP) is -4.24. The zero-order valence-electron chi connectivity index (χ0n) is 15.8. The molecule has 0 heterocycles. The molecule has 7 heteroatoms. The van der Waals surface area contributed by atoms with E-state index < -0.39 is 16.8 Å². The van der Waals surface area contributed by atoms with E-state index in [0.29, 0.717) is 0 Å². The van der Waals surface area contributed by atoms with Gasteiger partial charge >= 0.3 is 130 Å². The number of halogens is 2. The molecule has 0 aromatic rings. The Labute approximate surface area is 164 Å². The number of hydrogen-bond acceptors (Lipinski definition) is 3. The van der Waals surface area contributed by atoms with Gasteiger partial charge in [0.1, 0.15) is 0 Å². The minimum absolute atomic E-state index is 0. The van der Waals surface area contributed by atoms with Gasteiger partial charge in [-0.15, -0.1) is 0 Å². The largest absolute Gasteiger partial charge is 1.00 e. The molecule has 0 saturated carbocycles. The van der Waals surface area contributed by atoms with Crippen LogP contribution in [0.15, 0.2) is 23.4 Å². The maximum absolute atomic E-state index is 3.99. The zero-order chi connectivity index (χ0) is 15.9. The number of hydrogen-bond donors (Lipinski definition) is 1. The van der Waals surface area contributed by atoms with Gasteiger partial charge in [0.2, 0.25) is 0 Å². The molecule has 0 aliphatic heterocycles. The Hall–Kier alpha value is 0.711. The van der Waals surface area contributed by atoms with E-state index in [-0.39, 0.29) is 45.2 Å². The average Bonchev–Trinajstić information content (AvgIpc) is 2.53. The molecule has 0 saturated heterocycles. The minimum Gasteiger partial charge on any atom is -1.00 e. The van der Waals surface area contributed by atoms with Crippen LogP contribution in [0, 0.1) is 0 Å². The zero-order valence-corrected chi connectivity index (χ0v) is 18.9. The smallest absolute Gasteiger partial charge is 0.0149 e. The summed E-state index contributed by atoms with van der Waals surface area (Å²) in [4.78, 5) is 4.64. The van der Waals surface area contributed by atoms with Crippen LogP contribution in [0.1, 0.15) is 27.7 Å². The van der Waals surface area contributed by atoms with Crippen LogP contribution in [0.25, 0.3) is 0 Å². The van der Waals surface area contributed by atoms with Crippen molar-refractivity contribution in [2.45, 2.75) is 47.5 Å². The normalized spacial score (nSPS) is 20.1. The van der Waals surface area contributed by atoms with Gasteiger partial charge in [-0.3, -0.25) is 0 Å². The molecule has 1 N–H and O–H groups in total. The molecule has 1 atom stereocenters. The molecule has 0 aromatic heterocycles. The summed E-state index contributed by atoms with van der Waals surface area (Å²) in [6.07, 6.45) is 4.73.